The summed E-state index contributed by atoms with van der Waals surface area (Å²) in [6.45, 7) is -0.439. The highest BCUT2D eigenvalue weighted by Gasteiger charge is 2.25. The number of halogens is 2. The number of aliphatic hydroxyl groups is 1. The number of hydrogen-bond acceptors (Lipinski definition) is 6. The van der Waals surface area contributed by atoms with Crippen LogP contribution in [0.2, 0.25) is 0 Å². The van der Waals surface area contributed by atoms with Crippen molar-refractivity contribution in [2.24, 2.45) is 0 Å². The highest BCUT2D eigenvalue weighted by atomic mass is 127. The van der Waals surface area contributed by atoms with Gasteiger partial charge < -0.3 is 10.4 Å². The molecule has 0 bridgehead atoms. The molecule has 0 radical (unpaired) electrons. The summed E-state index contributed by atoms with van der Waals surface area (Å²) >= 11 is 3.11. The van der Waals surface area contributed by atoms with Gasteiger partial charge in [0.15, 0.2) is 0 Å². The Hall–Kier alpha value is -1.34. The van der Waals surface area contributed by atoms with Crippen LogP contribution in [-0.4, -0.2) is 31.7 Å². The van der Waals surface area contributed by atoms with E-state index in [2.05, 4.69) is 15.0 Å². The van der Waals surface area contributed by atoms with E-state index in [1.807, 2.05) is 22.6 Å². The van der Waals surface area contributed by atoms with Gasteiger partial charge in [0.25, 0.3) is 0 Å². The van der Waals surface area contributed by atoms with Gasteiger partial charge in [0.2, 0.25) is 10.0 Å². The first-order valence-electron chi connectivity index (χ1n) is 7.12. The number of anilines is 2. The monoisotopic (exact) mass is 493 g/mol. The first-order valence-corrected chi connectivity index (χ1v) is 10.5. The number of nitrogens with one attached hydrogen (secondary N) is 2. The third-order valence-corrected chi connectivity index (χ3v) is 6.65. The number of pyridine rings is 1. The van der Waals surface area contributed by atoms with Gasteiger partial charge in [0, 0.05) is 21.7 Å². The molecule has 0 saturated heterocycles. The fraction of sp³-hybridized carbons (Fsp3) is 0.133. The summed E-state index contributed by atoms with van der Waals surface area (Å²) in [5.41, 5.74) is 0.172. The molecule has 1 aromatic carbocycles. The fourth-order valence-electron chi connectivity index (χ4n) is 2.22. The third-order valence-electron chi connectivity index (χ3n) is 3.27. The first kappa shape index (κ1) is 18.5. The topological polar surface area (TPSA) is 91.3 Å². The maximum Gasteiger partial charge on any atom is 0.244 e. The van der Waals surface area contributed by atoms with Crippen LogP contribution in [-0.2, 0) is 10.0 Å². The van der Waals surface area contributed by atoms with Crippen molar-refractivity contribution in [3.63, 3.8) is 0 Å². The molecule has 3 rings (SSSR count). The molecule has 0 saturated carbocycles. The number of thiophene rings is 1. The van der Waals surface area contributed by atoms with Gasteiger partial charge in [-0.2, -0.15) is 0 Å². The second-order valence-corrected chi connectivity index (χ2v) is 8.94. The number of hydrogen-bond donors (Lipinski definition) is 3. The summed E-state index contributed by atoms with van der Waals surface area (Å²) in [4.78, 5) is 4.68. The van der Waals surface area contributed by atoms with Gasteiger partial charge >= 0.3 is 0 Å². The van der Waals surface area contributed by atoms with Gasteiger partial charge in [-0.15, -0.1) is 0 Å². The Morgan fingerprint density at radius 3 is 2.84 bits per heavy atom. The molecule has 3 aromatic rings. The molecule has 2 heterocycles. The van der Waals surface area contributed by atoms with Crippen LogP contribution in [0, 0.1) is 9.39 Å². The predicted molar refractivity (Wildman–Crippen MR) is 104 cm³/mol. The number of aromatic nitrogens is 1. The molecule has 0 aliphatic carbocycles. The maximum atomic E-state index is 14.1. The van der Waals surface area contributed by atoms with E-state index in [0.717, 1.165) is 14.9 Å². The van der Waals surface area contributed by atoms with Crippen molar-refractivity contribution >= 4 is 64.9 Å². The Morgan fingerprint density at radius 2 is 2.12 bits per heavy atom. The number of aliphatic hydroxyl groups excluding tert-OH is 1. The molecule has 0 atom stereocenters. The van der Waals surface area contributed by atoms with Crippen molar-refractivity contribution in [3.05, 3.63) is 45.9 Å². The van der Waals surface area contributed by atoms with Crippen LogP contribution in [0.3, 0.4) is 0 Å². The maximum absolute atomic E-state index is 14.1. The molecule has 0 fully saturated rings. The lowest BCUT2D eigenvalue weighted by Gasteiger charge is -2.10. The zero-order valence-corrected chi connectivity index (χ0v) is 16.5. The van der Waals surface area contributed by atoms with Crippen molar-refractivity contribution in [1.29, 1.82) is 0 Å². The molecule has 0 aliphatic rings. The minimum Gasteiger partial charge on any atom is -0.395 e. The number of fused-ring (bicyclic) bond motifs is 1. The van der Waals surface area contributed by atoms with Crippen LogP contribution in [0.5, 0.6) is 0 Å². The van der Waals surface area contributed by atoms with Gasteiger partial charge in [-0.1, -0.05) is 11.3 Å². The van der Waals surface area contributed by atoms with E-state index >= 15 is 0 Å². The van der Waals surface area contributed by atoms with Crippen LogP contribution in [0.1, 0.15) is 0 Å². The number of benzene rings is 1. The van der Waals surface area contributed by atoms with Crippen LogP contribution >= 0.6 is 33.9 Å². The normalized spacial score (nSPS) is 11.8. The molecular formula is C15H13FIN3O3S2. The Bertz CT molecular complexity index is 1020. The average Bonchev–Trinajstić information content (AvgIpc) is 2.94. The Balaban J connectivity index is 2.13. The van der Waals surface area contributed by atoms with E-state index in [1.165, 1.54) is 6.07 Å². The summed E-state index contributed by atoms with van der Waals surface area (Å²) in [5, 5.41) is 12.5. The molecule has 0 unspecified atom stereocenters. The Labute approximate surface area is 161 Å². The zero-order valence-electron chi connectivity index (χ0n) is 12.7. The van der Waals surface area contributed by atoms with Crippen molar-refractivity contribution in [3.8, 4) is 0 Å². The second-order valence-electron chi connectivity index (χ2n) is 4.99. The molecule has 0 spiro atoms. The molecule has 132 valence electrons. The summed E-state index contributed by atoms with van der Waals surface area (Å²) in [7, 11) is -3.90. The van der Waals surface area contributed by atoms with E-state index < -0.39 is 15.8 Å². The molecule has 10 heteroatoms. The smallest absolute Gasteiger partial charge is 0.244 e. The number of nitrogens with zero attached hydrogens (tertiary/aromatic N) is 1. The van der Waals surface area contributed by atoms with Crippen molar-refractivity contribution in [2.45, 2.75) is 4.90 Å². The lowest BCUT2D eigenvalue weighted by atomic mass is 10.3. The summed E-state index contributed by atoms with van der Waals surface area (Å²) < 4.78 is 42.5. The van der Waals surface area contributed by atoms with Crippen LogP contribution in [0.25, 0.3) is 10.2 Å². The van der Waals surface area contributed by atoms with E-state index in [1.54, 1.807) is 30.5 Å². The molecule has 0 amide bonds. The van der Waals surface area contributed by atoms with Gasteiger partial charge in [0.1, 0.15) is 20.5 Å². The SMILES string of the molecule is O=S(=O)(NCCO)c1c(Nc2ccc(I)cc2F)sc2ncccc12. The Morgan fingerprint density at radius 1 is 1.32 bits per heavy atom. The van der Waals surface area contributed by atoms with E-state index in [0.29, 0.717) is 10.2 Å². The number of rotatable bonds is 6. The standard InChI is InChI=1S/C15H13FIN3O3S2/c16-11-8-9(17)3-4-12(11)20-15-13(25(22,23)19-6-7-21)10-2-1-5-18-14(10)24-15/h1-5,8,19-21H,6-7H2. The first-order chi connectivity index (χ1) is 11.9. The van der Waals surface area contributed by atoms with Crippen LogP contribution in [0.4, 0.5) is 15.1 Å². The van der Waals surface area contributed by atoms with Crippen LogP contribution < -0.4 is 10.0 Å². The lowest BCUT2D eigenvalue weighted by molar-refractivity contribution is 0.301. The molecule has 3 N–H and O–H groups in total. The molecule has 25 heavy (non-hydrogen) atoms. The lowest BCUT2D eigenvalue weighted by Crippen LogP contribution is -2.27. The van der Waals surface area contributed by atoms with Crippen molar-refractivity contribution in [1.82, 2.24) is 9.71 Å². The Kier molecular flexibility index (Phi) is 5.53. The van der Waals surface area contributed by atoms with Gasteiger partial charge in [-0.25, -0.2) is 22.5 Å². The molecule has 6 nitrogen and oxygen atoms in total. The zero-order chi connectivity index (χ0) is 18.0. The van der Waals surface area contributed by atoms with Gasteiger partial charge in [0.05, 0.1) is 12.3 Å². The van der Waals surface area contributed by atoms with E-state index in [-0.39, 0.29) is 28.7 Å². The summed E-state index contributed by atoms with van der Waals surface area (Å²) in [6, 6.07) is 7.89. The minimum absolute atomic E-state index is 0.00741. The predicted octanol–water partition coefficient (Wildman–Crippen LogP) is 3.05. The van der Waals surface area contributed by atoms with Gasteiger partial charge in [-0.3, -0.25) is 0 Å². The second kappa shape index (κ2) is 7.50. The van der Waals surface area contributed by atoms with E-state index in [4.69, 9.17) is 5.11 Å². The van der Waals surface area contributed by atoms with Gasteiger partial charge in [-0.05, 0) is 52.9 Å². The number of sulfonamides is 1. The molecule has 2 aromatic heterocycles. The summed E-state index contributed by atoms with van der Waals surface area (Å²) in [5.74, 6) is -0.482. The highest BCUT2D eigenvalue weighted by Crippen LogP contribution is 2.39. The average molecular weight is 493 g/mol. The molecule has 0 aliphatic heterocycles. The van der Waals surface area contributed by atoms with Crippen molar-refractivity contribution < 1.29 is 17.9 Å². The third kappa shape index (κ3) is 3.92. The minimum atomic E-state index is -3.90. The fourth-order valence-corrected chi connectivity index (χ4v) is 5.40. The largest absolute Gasteiger partial charge is 0.395 e. The molecular weight excluding hydrogens is 480 g/mol. The van der Waals surface area contributed by atoms with E-state index in [9.17, 15) is 12.8 Å². The van der Waals surface area contributed by atoms with Crippen molar-refractivity contribution in [2.75, 3.05) is 18.5 Å². The van der Waals surface area contributed by atoms with Crippen LogP contribution in [0.15, 0.2) is 41.4 Å². The summed E-state index contributed by atoms with van der Waals surface area (Å²) in [6.07, 6.45) is 1.56. The quantitative estimate of drug-likeness (QED) is 0.460. The highest BCUT2D eigenvalue weighted by molar-refractivity contribution is 14.1.